The maximum absolute atomic E-state index is 12.8. The molecule has 7 heteroatoms. The van der Waals surface area contributed by atoms with E-state index in [1.807, 2.05) is 17.4 Å². The van der Waals surface area contributed by atoms with Gasteiger partial charge in [-0.3, -0.25) is 9.20 Å². The molecule has 7 nitrogen and oxygen atoms in total. The maximum Gasteiger partial charge on any atom is 0.274 e. The number of nitrogens with one attached hydrogen (secondary N) is 1. The maximum atomic E-state index is 12.8. The Labute approximate surface area is 145 Å². The molecule has 25 heavy (non-hydrogen) atoms. The molecule has 0 atom stereocenters. The first-order valence-electron chi connectivity index (χ1n) is 8.40. The summed E-state index contributed by atoms with van der Waals surface area (Å²) < 4.78 is 1.81. The minimum Gasteiger partial charge on any atom is -0.345 e. The Morgan fingerprint density at radius 3 is 2.64 bits per heavy atom. The SMILES string of the molecule is Cc1cc(-c2ncccn2)nc2c(C(=O)NC(C)(C)C3CC3)ncn12. The number of carbonyl (C=O) groups is 1. The van der Waals surface area contributed by atoms with E-state index >= 15 is 0 Å². The number of rotatable bonds is 4. The Hall–Kier alpha value is -2.83. The molecule has 1 N–H and O–H groups in total. The first kappa shape index (κ1) is 15.7. The highest BCUT2D eigenvalue weighted by molar-refractivity contribution is 5.98. The van der Waals surface area contributed by atoms with Crippen LogP contribution >= 0.6 is 0 Å². The first-order chi connectivity index (χ1) is 12.0. The largest absolute Gasteiger partial charge is 0.345 e. The fourth-order valence-electron chi connectivity index (χ4n) is 3.09. The highest BCUT2D eigenvalue weighted by atomic mass is 16.2. The van der Waals surface area contributed by atoms with Crippen LogP contribution in [0.15, 0.2) is 30.9 Å². The summed E-state index contributed by atoms with van der Waals surface area (Å²) in [6.07, 6.45) is 7.29. The fraction of sp³-hybridized carbons (Fsp3) is 0.389. The lowest BCUT2D eigenvalue weighted by Gasteiger charge is -2.25. The van der Waals surface area contributed by atoms with Crippen LogP contribution in [0.5, 0.6) is 0 Å². The van der Waals surface area contributed by atoms with E-state index in [2.05, 4.69) is 39.1 Å². The quantitative estimate of drug-likeness (QED) is 0.791. The second kappa shape index (κ2) is 5.61. The number of aromatic nitrogens is 5. The van der Waals surface area contributed by atoms with Crippen LogP contribution in [0.4, 0.5) is 0 Å². The van der Waals surface area contributed by atoms with Gasteiger partial charge in [-0.15, -0.1) is 0 Å². The van der Waals surface area contributed by atoms with Gasteiger partial charge in [0.2, 0.25) is 0 Å². The van der Waals surface area contributed by atoms with Crippen molar-refractivity contribution in [3.63, 3.8) is 0 Å². The lowest BCUT2D eigenvalue weighted by Crippen LogP contribution is -2.45. The van der Waals surface area contributed by atoms with E-state index in [0.29, 0.717) is 28.8 Å². The van der Waals surface area contributed by atoms with Crippen molar-refractivity contribution in [3.05, 3.63) is 42.2 Å². The normalized spacial score (nSPS) is 14.7. The number of amides is 1. The van der Waals surface area contributed by atoms with Gasteiger partial charge in [0.05, 0.1) is 0 Å². The zero-order chi connectivity index (χ0) is 17.6. The monoisotopic (exact) mass is 336 g/mol. The molecule has 0 saturated heterocycles. The summed E-state index contributed by atoms with van der Waals surface area (Å²) in [6.45, 7) is 6.06. The molecule has 1 amide bonds. The van der Waals surface area contributed by atoms with Crippen molar-refractivity contribution < 1.29 is 4.79 Å². The van der Waals surface area contributed by atoms with Gasteiger partial charge >= 0.3 is 0 Å². The molecule has 0 aromatic carbocycles. The van der Waals surface area contributed by atoms with Crippen LogP contribution in [0, 0.1) is 12.8 Å². The average Bonchev–Trinajstić information content (AvgIpc) is 3.36. The number of imidazole rings is 1. The highest BCUT2D eigenvalue weighted by Gasteiger charge is 2.39. The molecule has 1 aliphatic rings. The van der Waals surface area contributed by atoms with Gasteiger partial charge in [-0.1, -0.05) is 0 Å². The lowest BCUT2D eigenvalue weighted by atomic mass is 9.98. The van der Waals surface area contributed by atoms with Crippen molar-refractivity contribution in [3.8, 4) is 11.5 Å². The number of hydrogen-bond donors (Lipinski definition) is 1. The molecule has 1 aliphatic carbocycles. The molecule has 4 rings (SSSR count). The van der Waals surface area contributed by atoms with E-state index in [9.17, 15) is 4.79 Å². The van der Waals surface area contributed by atoms with Crippen molar-refractivity contribution in [2.45, 2.75) is 39.2 Å². The number of fused-ring (bicyclic) bond motifs is 1. The Morgan fingerprint density at radius 1 is 1.24 bits per heavy atom. The molecule has 0 aliphatic heterocycles. The molecular weight excluding hydrogens is 316 g/mol. The first-order valence-corrected chi connectivity index (χ1v) is 8.40. The lowest BCUT2D eigenvalue weighted by molar-refractivity contribution is 0.0900. The fourth-order valence-corrected chi connectivity index (χ4v) is 3.09. The third-order valence-corrected chi connectivity index (χ3v) is 4.74. The van der Waals surface area contributed by atoms with Gasteiger partial charge in [-0.05, 0) is 51.7 Å². The summed E-state index contributed by atoms with van der Waals surface area (Å²) in [4.78, 5) is 30.1. The van der Waals surface area contributed by atoms with Crippen LogP contribution < -0.4 is 5.32 Å². The van der Waals surface area contributed by atoms with Crippen LogP contribution in [-0.2, 0) is 0 Å². The van der Waals surface area contributed by atoms with E-state index in [4.69, 9.17) is 0 Å². The number of hydrogen-bond acceptors (Lipinski definition) is 5. The van der Waals surface area contributed by atoms with Crippen molar-refractivity contribution in [1.82, 2.24) is 29.7 Å². The second-order valence-electron chi connectivity index (χ2n) is 7.09. The number of carbonyl (C=O) groups excluding carboxylic acids is 1. The van der Waals surface area contributed by atoms with E-state index < -0.39 is 0 Å². The summed E-state index contributed by atoms with van der Waals surface area (Å²) in [5, 5.41) is 3.11. The molecule has 1 fully saturated rings. The Morgan fingerprint density at radius 2 is 1.96 bits per heavy atom. The van der Waals surface area contributed by atoms with Gasteiger partial charge in [-0.2, -0.15) is 0 Å². The minimum atomic E-state index is -0.234. The minimum absolute atomic E-state index is 0.197. The average molecular weight is 336 g/mol. The van der Waals surface area contributed by atoms with E-state index in [1.165, 1.54) is 0 Å². The molecule has 3 aromatic rings. The van der Waals surface area contributed by atoms with Gasteiger partial charge < -0.3 is 5.32 Å². The summed E-state index contributed by atoms with van der Waals surface area (Å²) in [7, 11) is 0. The molecule has 3 heterocycles. The van der Waals surface area contributed by atoms with E-state index in [1.54, 1.807) is 24.8 Å². The van der Waals surface area contributed by atoms with Crippen LogP contribution in [0.2, 0.25) is 0 Å². The summed E-state index contributed by atoms with van der Waals surface area (Å²) in [5.74, 6) is 0.865. The van der Waals surface area contributed by atoms with Crippen LogP contribution in [0.3, 0.4) is 0 Å². The Bertz CT molecular complexity index is 943. The predicted octanol–water partition coefficient (Wildman–Crippen LogP) is 2.41. The second-order valence-corrected chi connectivity index (χ2v) is 7.09. The molecule has 0 spiro atoms. The summed E-state index contributed by atoms with van der Waals surface area (Å²) in [6, 6.07) is 3.65. The molecule has 0 bridgehead atoms. The van der Waals surface area contributed by atoms with Gasteiger partial charge in [0.25, 0.3) is 5.91 Å². The van der Waals surface area contributed by atoms with Crippen LogP contribution in [0.1, 0.15) is 42.9 Å². The molecule has 0 radical (unpaired) electrons. The smallest absolute Gasteiger partial charge is 0.274 e. The standard InChI is InChI=1S/C18H20N6O/c1-11-9-13(15-19-7-4-8-20-15)22-16-14(21-10-24(11)16)17(25)23-18(2,3)12-5-6-12/h4,7-10,12H,5-6H2,1-3H3,(H,23,25). The summed E-state index contributed by atoms with van der Waals surface area (Å²) in [5.41, 5.74) is 2.16. The molecular formula is C18H20N6O. The Balaban J connectivity index is 1.75. The van der Waals surface area contributed by atoms with Crippen molar-refractivity contribution >= 4 is 11.6 Å². The third kappa shape index (κ3) is 2.86. The van der Waals surface area contributed by atoms with Gasteiger partial charge in [0, 0.05) is 23.6 Å². The van der Waals surface area contributed by atoms with Crippen molar-refractivity contribution in [1.29, 1.82) is 0 Å². The number of nitrogens with zero attached hydrogens (tertiary/aromatic N) is 5. The number of aryl methyl sites for hydroxylation is 1. The van der Waals surface area contributed by atoms with Crippen LogP contribution in [0.25, 0.3) is 17.2 Å². The Kier molecular flexibility index (Phi) is 3.52. The van der Waals surface area contributed by atoms with Gasteiger partial charge in [0.1, 0.15) is 12.0 Å². The van der Waals surface area contributed by atoms with E-state index in [-0.39, 0.29) is 11.4 Å². The highest BCUT2D eigenvalue weighted by Crippen LogP contribution is 2.39. The third-order valence-electron chi connectivity index (χ3n) is 4.74. The molecule has 3 aromatic heterocycles. The van der Waals surface area contributed by atoms with E-state index in [0.717, 1.165) is 18.5 Å². The predicted molar refractivity (Wildman–Crippen MR) is 93.0 cm³/mol. The topological polar surface area (TPSA) is 85.1 Å². The summed E-state index contributed by atoms with van der Waals surface area (Å²) >= 11 is 0. The van der Waals surface area contributed by atoms with Gasteiger partial charge in [0.15, 0.2) is 17.2 Å². The van der Waals surface area contributed by atoms with Gasteiger partial charge in [-0.25, -0.2) is 19.9 Å². The molecule has 0 unspecified atom stereocenters. The zero-order valence-electron chi connectivity index (χ0n) is 14.5. The van der Waals surface area contributed by atoms with Crippen molar-refractivity contribution in [2.75, 3.05) is 0 Å². The van der Waals surface area contributed by atoms with Crippen molar-refractivity contribution in [2.24, 2.45) is 5.92 Å². The molecule has 1 saturated carbocycles. The van der Waals surface area contributed by atoms with Crippen LogP contribution in [-0.4, -0.2) is 35.8 Å². The zero-order valence-corrected chi connectivity index (χ0v) is 14.5. The molecule has 128 valence electrons.